The first-order valence-electron chi connectivity index (χ1n) is 5.64. The maximum Gasteiger partial charge on any atom is 0.192 e. The third kappa shape index (κ3) is 1.79. The van der Waals surface area contributed by atoms with E-state index in [0.29, 0.717) is 0 Å². The number of hydrazone groups is 2. The van der Waals surface area contributed by atoms with Crippen molar-refractivity contribution in [2.45, 2.75) is 33.2 Å². The first kappa shape index (κ1) is 11.9. The van der Waals surface area contributed by atoms with Gasteiger partial charge in [0.25, 0.3) is 0 Å². The fourth-order valence-corrected chi connectivity index (χ4v) is 3.35. The van der Waals surface area contributed by atoms with Crippen LogP contribution in [0.2, 0.25) is 0 Å². The third-order valence-electron chi connectivity index (χ3n) is 2.64. The molecule has 0 fully saturated rings. The van der Waals surface area contributed by atoms with Gasteiger partial charge in [0.1, 0.15) is 9.92 Å². The summed E-state index contributed by atoms with van der Waals surface area (Å²) in [6.45, 7) is 8.43. The molecule has 2 aliphatic rings. The van der Waals surface area contributed by atoms with Crippen LogP contribution in [-0.2, 0) is 0 Å². The molecule has 0 aliphatic carbocycles. The minimum Gasteiger partial charge on any atom is -0.274 e. The van der Waals surface area contributed by atoms with Gasteiger partial charge < -0.3 is 0 Å². The molecule has 6 nitrogen and oxygen atoms in total. The van der Waals surface area contributed by atoms with Crippen molar-refractivity contribution in [3.63, 3.8) is 0 Å². The van der Waals surface area contributed by atoms with Crippen LogP contribution >= 0.6 is 23.3 Å². The lowest BCUT2D eigenvalue weighted by Crippen LogP contribution is -2.30. The van der Waals surface area contributed by atoms with E-state index in [0.717, 1.165) is 21.5 Å². The van der Waals surface area contributed by atoms with Gasteiger partial charge in [-0.05, 0) is 18.5 Å². The fourth-order valence-electron chi connectivity index (χ4n) is 1.65. The van der Waals surface area contributed by atoms with Gasteiger partial charge in [0.15, 0.2) is 11.3 Å². The summed E-state index contributed by atoms with van der Waals surface area (Å²) >= 11 is 3.06. The Morgan fingerprint density at radius 3 is 2.72 bits per heavy atom. The van der Waals surface area contributed by atoms with Crippen molar-refractivity contribution in [1.29, 1.82) is 0 Å². The van der Waals surface area contributed by atoms with Crippen LogP contribution in [0.3, 0.4) is 0 Å². The van der Waals surface area contributed by atoms with Gasteiger partial charge in [-0.3, -0.25) is 5.43 Å². The number of fused-ring (bicyclic) bond motifs is 1. The first-order chi connectivity index (χ1) is 8.47. The van der Waals surface area contributed by atoms with E-state index in [1.165, 1.54) is 11.5 Å². The van der Waals surface area contributed by atoms with Crippen molar-refractivity contribution in [2.24, 2.45) is 15.6 Å². The second kappa shape index (κ2) is 3.92. The molecule has 18 heavy (non-hydrogen) atoms. The SMILES string of the molecule is Cc1nnsc1C1=NNC2SC(C(C)(C)C)=NN12. The van der Waals surface area contributed by atoms with Crippen LogP contribution in [-0.4, -0.2) is 31.0 Å². The van der Waals surface area contributed by atoms with Crippen LogP contribution in [0.5, 0.6) is 0 Å². The molecule has 1 aromatic rings. The molecule has 0 amide bonds. The Labute approximate surface area is 114 Å². The summed E-state index contributed by atoms with van der Waals surface area (Å²) in [5.41, 5.74) is 4.12. The quantitative estimate of drug-likeness (QED) is 0.851. The molecule has 3 heterocycles. The third-order valence-corrected chi connectivity index (χ3v) is 4.91. The molecule has 0 aromatic carbocycles. The van der Waals surface area contributed by atoms with Crippen LogP contribution in [0.25, 0.3) is 0 Å². The Morgan fingerprint density at radius 2 is 2.11 bits per heavy atom. The summed E-state index contributed by atoms with van der Waals surface area (Å²) in [6.07, 6.45) is 0. The zero-order valence-electron chi connectivity index (χ0n) is 10.6. The molecule has 1 atom stereocenters. The van der Waals surface area contributed by atoms with Crippen LogP contribution in [0.4, 0.5) is 0 Å². The summed E-state index contributed by atoms with van der Waals surface area (Å²) in [5.74, 6) is 0.819. The van der Waals surface area contributed by atoms with E-state index in [2.05, 4.69) is 46.0 Å². The van der Waals surface area contributed by atoms with Crippen molar-refractivity contribution in [3.05, 3.63) is 10.6 Å². The van der Waals surface area contributed by atoms with E-state index in [4.69, 9.17) is 0 Å². The number of hydrogen-bond donors (Lipinski definition) is 1. The summed E-state index contributed by atoms with van der Waals surface area (Å²) in [5, 5.41) is 16.1. The molecule has 0 spiro atoms. The van der Waals surface area contributed by atoms with Gasteiger partial charge in [-0.1, -0.05) is 37.0 Å². The van der Waals surface area contributed by atoms with E-state index < -0.39 is 0 Å². The lowest BCUT2D eigenvalue weighted by atomic mass is 9.99. The number of hydrogen-bond acceptors (Lipinski definition) is 8. The lowest BCUT2D eigenvalue weighted by Gasteiger charge is -2.16. The predicted molar refractivity (Wildman–Crippen MR) is 74.4 cm³/mol. The maximum atomic E-state index is 4.67. The van der Waals surface area contributed by atoms with Gasteiger partial charge in [-0.2, -0.15) is 10.2 Å². The van der Waals surface area contributed by atoms with Gasteiger partial charge in [-0.15, -0.1) is 5.10 Å². The Kier molecular flexibility index (Phi) is 2.60. The number of amidine groups is 1. The second-order valence-corrected chi connectivity index (χ2v) is 7.04. The lowest BCUT2D eigenvalue weighted by molar-refractivity contribution is 0.421. The standard InChI is InChI=1S/C10H14N6S2/c1-5-6(18-15-11-5)7-12-13-9-16(7)14-8(17-9)10(2,3)4/h9,13H,1-4H3. The van der Waals surface area contributed by atoms with Crippen LogP contribution in [0.15, 0.2) is 10.2 Å². The van der Waals surface area contributed by atoms with E-state index in [1.807, 2.05) is 11.9 Å². The molecule has 1 unspecified atom stereocenters. The molecule has 1 N–H and O–H groups in total. The summed E-state index contributed by atoms with van der Waals surface area (Å²) < 4.78 is 3.95. The number of thioether (sulfide) groups is 1. The van der Waals surface area contributed by atoms with E-state index >= 15 is 0 Å². The molecular weight excluding hydrogens is 268 g/mol. The molecule has 0 bridgehead atoms. The maximum absolute atomic E-state index is 4.67. The number of nitrogens with one attached hydrogen (secondary N) is 1. The smallest absolute Gasteiger partial charge is 0.192 e. The van der Waals surface area contributed by atoms with Gasteiger partial charge in [-0.25, -0.2) is 5.01 Å². The van der Waals surface area contributed by atoms with Gasteiger partial charge in [0, 0.05) is 5.41 Å². The average Bonchev–Trinajstić information content (AvgIpc) is 2.90. The molecule has 1 aromatic heterocycles. The Morgan fingerprint density at radius 1 is 1.33 bits per heavy atom. The average molecular weight is 282 g/mol. The van der Waals surface area contributed by atoms with Crippen LogP contribution < -0.4 is 5.43 Å². The van der Waals surface area contributed by atoms with E-state index in [1.54, 1.807) is 11.8 Å². The monoisotopic (exact) mass is 282 g/mol. The van der Waals surface area contributed by atoms with Crippen molar-refractivity contribution in [2.75, 3.05) is 0 Å². The predicted octanol–water partition coefficient (Wildman–Crippen LogP) is 1.80. The number of aryl methyl sites for hydroxylation is 1. The topological polar surface area (TPSA) is 65.8 Å². The van der Waals surface area contributed by atoms with Crippen molar-refractivity contribution in [1.82, 2.24) is 20.0 Å². The molecule has 8 heteroatoms. The molecule has 2 aliphatic heterocycles. The Bertz CT molecular complexity index is 541. The molecule has 0 saturated carbocycles. The normalized spacial score (nSPS) is 22.7. The Hall–Kier alpha value is -1.15. The summed E-state index contributed by atoms with van der Waals surface area (Å²) in [6, 6.07) is 0. The largest absolute Gasteiger partial charge is 0.274 e. The van der Waals surface area contributed by atoms with Crippen molar-refractivity contribution >= 4 is 34.2 Å². The minimum atomic E-state index is 0.0583. The van der Waals surface area contributed by atoms with E-state index in [9.17, 15) is 0 Å². The summed E-state index contributed by atoms with van der Waals surface area (Å²) in [4.78, 5) is 0.976. The molecule has 0 radical (unpaired) electrons. The summed E-state index contributed by atoms with van der Waals surface area (Å²) in [7, 11) is 0. The minimum absolute atomic E-state index is 0.0583. The zero-order chi connectivity index (χ0) is 12.9. The second-order valence-electron chi connectivity index (χ2n) is 5.22. The fraction of sp³-hybridized carbons (Fsp3) is 0.600. The first-order valence-corrected chi connectivity index (χ1v) is 7.29. The number of nitrogens with zero attached hydrogens (tertiary/aromatic N) is 5. The highest BCUT2D eigenvalue weighted by Crippen LogP contribution is 2.37. The highest BCUT2D eigenvalue weighted by Gasteiger charge is 2.40. The molecule has 0 saturated heterocycles. The van der Waals surface area contributed by atoms with Gasteiger partial charge in [0.05, 0.1) is 5.69 Å². The highest BCUT2D eigenvalue weighted by molar-refractivity contribution is 8.14. The van der Waals surface area contributed by atoms with Gasteiger partial charge in [0.2, 0.25) is 0 Å². The van der Waals surface area contributed by atoms with Crippen molar-refractivity contribution in [3.8, 4) is 0 Å². The number of aromatic nitrogens is 2. The highest BCUT2D eigenvalue weighted by atomic mass is 32.2. The number of rotatable bonds is 1. The molecule has 3 rings (SSSR count). The molecule has 96 valence electrons. The molecular formula is C10H14N6S2. The van der Waals surface area contributed by atoms with Crippen LogP contribution in [0, 0.1) is 12.3 Å². The van der Waals surface area contributed by atoms with Crippen LogP contribution in [0.1, 0.15) is 31.3 Å². The van der Waals surface area contributed by atoms with Gasteiger partial charge >= 0.3 is 0 Å². The zero-order valence-corrected chi connectivity index (χ0v) is 12.3. The van der Waals surface area contributed by atoms with Crippen molar-refractivity contribution < 1.29 is 0 Å². The Balaban J connectivity index is 1.93. The van der Waals surface area contributed by atoms with E-state index in [-0.39, 0.29) is 10.9 Å².